The molecule has 1 N–H and O–H groups in total. The maximum atomic E-state index is 5.69. The molecule has 0 saturated carbocycles. The molecule has 0 radical (unpaired) electrons. The minimum atomic E-state index is 0.558. The van der Waals surface area contributed by atoms with Gasteiger partial charge in [-0.1, -0.05) is 17.7 Å². The third kappa shape index (κ3) is 2.17. The van der Waals surface area contributed by atoms with Crippen molar-refractivity contribution in [3.05, 3.63) is 28.5 Å². The van der Waals surface area contributed by atoms with E-state index in [1.165, 1.54) is 5.56 Å². The summed E-state index contributed by atoms with van der Waals surface area (Å²) in [5.41, 5.74) is 2.18. The highest BCUT2D eigenvalue weighted by Gasteiger charge is 1.97. The number of nitrogens with one attached hydrogen (secondary N) is 1. The van der Waals surface area contributed by atoms with Crippen LogP contribution in [0.25, 0.3) is 0 Å². The molecule has 1 aromatic rings. The van der Waals surface area contributed by atoms with Crippen LogP contribution in [0.4, 0.5) is 0 Å². The summed E-state index contributed by atoms with van der Waals surface area (Å²) >= 11 is 5.69. The molecular formula is C8H11ClN2. The van der Waals surface area contributed by atoms with Crippen molar-refractivity contribution in [3.63, 3.8) is 0 Å². The van der Waals surface area contributed by atoms with E-state index in [0.717, 1.165) is 12.2 Å². The van der Waals surface area contributed by atoms with Gasteiger partial charge in [0.05, 0.1) is 0 Å². The molecule has 0 aliphatic heterocycles. The fourth-order valence-electron chi connectivity index (χ4n) is 0.937. The van der Waals surface area contributed by atoms with Crippen molar-refractivity contribution in [2.75, 3.05) is 7.05 Å². The molecule has 3 heteroatoms. The van der Waals surface area contributed by atoms with Crippen LogP contribution >= 0.6 is 11.6 Å². The number of nitrogens with zero attached hydrogens (tertiary/aromatic N) is 1. The Bertz CT molecular complexity index is 248. The van der Waals surface area contributed by atoms with Crippen LogP contribution in [0.15, 0.2) is 12.1 Å². The second-order valence-corrected chi connectivity index (χ2v) is 2.80. The van der Waals surface area contributed by atoms with Gasteiger partial charge in [0.25, 0.3) is 0 Å². The number of halogens is 1. The molecule has 60 valence electrons. The lowest BCUT2D eigenvalue weighted by atomic mass is 10.2. The Balaban J connectivity index is 2.90. The van der Waals surface area contributed by atoms with E-state index >= 15 is 0 Å². The monoisotopic (exact) mass is 170 g/mol. The molecule has 0 aliphatic carbocycles. The van der Waals surface area contributed by atoms with Gasteiger partial charge in [-0.25, -0.2) is 4.98 Å². The molecule has 1 rings (SSSR count). The molecule has 0 fully saturated rings. The molecule has 0 spiro atoms. The van der Waals surface area contributed by atoms with E-state index in [-0.39, 0.29) is 0 Å². The molecule has 1 heterocycles. The number of hydrogen-bond donors (Lipinski definition) is 1. The SMILES string of the molecule is CNCc1ccc(Cl)nc1C. The zero-order valence-electron chi connectivity index (χ0n) is 6.69. The smallest absolute Gasteiger partial charge is 0.129 e. The van der Waals surface area contributed by atoms with Gasteiger partial charge in [0.1, 0.15) is 5.15 Å². The van der Waals surface area contributed by atoms with Crippen molar-refractivity contribution in [3.8, 4) is 0 Å². The zero-order valence-corrected chi connectivity index (χ0v) is 7.44. The lowest BCUT2D eigenvalue weighted by Crippen LogP contribution is -2.07. The Kier molecular flexibility index (Phi) is 2.85. The molecule has 0 aromatic carbocycles. The number of rotatable bonds is 2. The first-order valence-electron chi connectivity index (χ1n) is 3.50. The molecule has 0 saturated heterocycles. The van der Waals surface area contributed by atoms with Crippen LogP contribution in [0.1, 0.15) is 11.3 Å². The average Bonchev–Trinajstić information content (AvgIpc) is 1.95. The van der Waals surface area contributed by atoms with Crippen molar-refractivity contribution < 1.29 is 0 Å². The standard InChI is InChI=1S/C8H11ClN2/c1-6-7(5-10-2)3-4-8(9)11-6/h3-4,10H,5H2,1-2H3. The van der Waals surface area contributed by atoms with E-state index in [9.17, 15) is 0 Å². The summed E-state index contributed by atoms with van der Waals surface area (Å²) in [4.78, 5) is 4.12. The normalized spacial score (nSPS) is 10.1. The Morgan fingerprint density at radius 3 is 2.82 bits per heavy atom. The van der Waals surface area contributed by atoms with E-state index < -0.39 is 0 Å². The molecule has 2 nitrogen and oxygen atoms in total. The predicted molar refractivity (Wildman–Crippen MR) is 46.7 cm³/mol. The van der Waals surface area contributed by atoms with Gasteiger partial charge in [-0.05, 0) is 25.6 Å². The summed E-state index contributed by atoms with van der Waals surface area (Å²) in [5, 5.41) is 3.62. The fraction of sp³-hybridized carbons (Fsp3) is 0.375. The fourth-order valence-corrected chi connectivity index (χ4v) is 1.13. The van der Waals surface area contributed by atoms with Crippen molar-refractivity contribution >= 4 is 11.6 Å². The van der Waals surface area contributed by atoms with Crippen molar-refractivity contribution in [2.45, 2.75) is 13.5 Å². The largest absolute Gasteiger partial charge is 0.316 e. The van der Waals surface area contributed by atoms with Crippen LogP contribution in [-0.4, -0.2) is 12.0 Å². The minimum absolute atomic E-state index is 0.558. The highest BCUT2D eigenvalue weighted by molar-refractivity contribution is 6.29. The molecule has 0 atom stereocenters. The van der Waals surface area contributed by atoms with Gasteiger partial charge >= 0.3 is 0 Å². The summed E-state index contributed by atoms with van der Waals surface area (Å²) in [6.45, 7) is 2.80. The highest BCUT2D eigenvalue weighted by Crippen LogP contribution is 2.09. The third-order valence-corrected chi connectivity index (χ3v) is 1.74. The summed E-state index contributed by atoms with van der Waals surface area (Å²) in [6, 6.07) is 3.79. The first-order valence-corrected chi connectivity index (χ1v) is 3.88. The Hall–Kier alpha value is -0.600. The molecule has 0 unspecified atom stereocenters. The lowest BCUT2D eigenvalue weighted by molar-refractivity contribution is 0.804. The average molecular weight is 171 g/mol. The van der Waals surface area contributed by atoms with Crippen LogP contribution < -0.4 is 5.32 Å². The van der Waals surface area contributed by atoms with Gasteiger partial charge in [0.15, 0.2) is 0 Å². The van der Waals surface area contributed by atoms with Crippen LogP contribution in [0.3, 0.4) is 0 Å². The van der Waals surface area contributed by atoms with Gasteiger partial charge in [0.2, 0.25) is 0 Å². The first-order chi connectivity index (χ1) is 5.24. The summed E-state index contributed by atoms with van der Waals surface area (Å²) < 4.78 is 0. The van der Waals surface area contributed by atoms with Gasteiger partial charge < -0.3 is 5.32 Å². The maximum Gasteiger partial charge on any atom is 0.129 e. The number of aryl methyl sites for hydroxylation is 1. The quantitative estimate of drug-likeness (QED) is 0.685. The van der Waals surface area contributed by atoms with E-state index in [1.807, 2.05) is 20.0 Å². The van der Waals surface area contributed by atoms with Gasteiger partial charge in [-0.3, -0.25) is 0 Å². The van der Waals surface area contributed by atoms with E-state index in [4.69, 9.17) is 11.6 Å². The second-order valence-electron chi connectivity index (χ2n) is 2.41. The van der Waals surface area contributed by atoms with E-state index in [2.05, 4.69) is 10.3 Å². The van der Waals surface area contributed by atoms with E-state index in [0.29, 0.717) is 5.15 Å². The molecule has 1 aromatic heterocycles. The highest BCUT2D eigenvalue weighted by atomic mass is 35.5. The van der Waals surface area contributed by atoms with Gasteiger partial charge in [0, 0.05) is 12.2 Å². The third-order valence-electron chi connectivity index (χ3n) is 1.53. The maximum absolute atomic E-state index is 5.69. The molecule has 11 heavy (non-hydrogen) atoms. The predicted octanol–water partition coefficient (Wildman–Crippen LogP) is 1.76. The van der Waals surface area contributed by atoms with Gasteiger partial charge in [-0.2, -0.15) is 0 Å². The molecule has 0 amide bonds. The van der Waals surface area contributed by atoms with Crippen LogP contribution in [-0.2, 0) is 6.54 Å². The summed E-state index contributed by atoms with van der Waals surface area (Å²) in [7, 11) is 1.91. The van der Waals surface area contributed by atoms with Crippen molar-refractivity contribution in [1.82, 2.24) is 10.3 Å². The topological polar surface area (TPSA) is 24.9 Å². The van der Waals surface area contributed by atoms with Crippen LogP contribution in [0.5, 0.6) is 0 Å². The molecular weight excluding hydrogens is 160 g/mol. The Morgan fingerprint density at radius 2 is 2.27 bits per heavy atom. The van der Waals surface area contributed by atoms with E-state index in [1.54, 1.807) is 6.07 Å². The zero-order chi connectivity index (χ0) is 8.27. The number of hydrogen-bond acceptors (Lipinski definition) is 2. The summed E-state index contributed by atoms with van der Waals surface area (Å²) in [5.74, 6) is 0. The van der Waals surface area contributed by atoms with Crippen molar-refractivity contribution in [2.24, 2.45) is 0 Å². The molecule has 0 bridgehead atoms. The Morgan fingerprint density at radius 1 is 1.55 bits per heavy atom. The second kappa shape index (κ2) is 3.69. The molecule has 0 aliphatic rings. The van der Waals surface area contributed by atoms with Crippen LogP contribution in [0, 0.1) is 6.92 Å². The number of pyridine rings is 1. The summed E-state index contributed by atoms with van der Waals surface area (Å²) in [6.07, 6.45) is 0. The first kappa shape index (κ1) is 8.50. The Labute approximate surface area is 71.6 Å². The minimum Gasteiger partial charge on any atom is -0.316 e. The van der Waals surface area contributed by atoms with Gasteiger partial charge in [-0.15, -0.1) is 0 Å². The van der Waals surface area contributed by atoms with Crippen LogP contribution in [0.2, 0.25) is 5.15 Å². The van der Waals surface area contributed by atoms with Crippen molar-refractivity contribution in [1.29, 1.82) is 0 Å². The lowest BCUT2D eigenvalue weighted by Gasteiger charge is -2.03. The number of aromatic nitrogens is 1.